The van der Waals surface area contributed by atoms with E-state index in [1.807, 2.05) is 20.8 Å². The number of nitrogens with zero attached hydrogens (tertiary/aromatic N) is 2. The molecule has 0 aliphatic carbocycles. The van der Waals surface area contributed by atoms with Gasteiger partial charge < -0.3 is 20.7 Å². The summed E-state index contributed by atoms with van der Waals surface area (Å²) >= 11 is 5.66. The van der Waals surface area contributed by atoms with E-state index < -0.39 is 11.4 Å². The highest BCUT2D eigenvalue weighted by atomic mass is 35.5. The summed E-state index contributed by atoms with van der Waals surface area (Å²) in [7, 11) is 0. The summed E-state index contributed by atoms with van der Waals surface area (Å²) in [6.07, 6.45) is 1.22. The van der Waals surface area contributed by atoms with Crippen LogP contribution in [0.15, 0.2) is 23.2 Å². The minimum Gasteiger partial charge on any atom is -0.444 e. The zero-order chi connectivity index (χ0) is 19.3. The minimum absolute atomic E-state index is 0.0736. The van der Waals surface area contributed by atoms with E-state index in [0.29, 0.717) is 24.5 Å². The van der Waals surface area contributed by atoms with Gasteiger partial charge in [-0.1, -0.05) is 0 Å². The second-order valence-electron chi connectivity index (χ2n) is 7.28. The number of rotatable bonds is 4. The Kier molecular flexibility index (Phi) is 6.69. The van der Waals surface area contributed by atoms with Crippen LogP contribution >= 0.6 is 11.6 Å². The number of ether oxygens (including phenoxy) is 1. The molecule has 0 spiro atoms. The van der Waals surface area contributed by atoms with E-state index in [1.165, 1.54) is 12.1 Å². The molecule has 1 saturated heterocycles. The van der Waals surface area contributed by atoms with Gasteiger partial charge in [0, 0.05) is 25.2 Å². The first-order chi connectivity index (χ1) is 12.2. The van der Waals surface area contributed by atoms with E-state index in [9.17, 15) is 9.18 Å². The second-order valence-corrected chi connectivity index (χ2v) is 7.55. The number of carbonyl (C=O) groups is 1. The molecule has 1 aliphatic heterocycles. The van der Waals surface area contributed by atoms with Gasteiger partial charge in [-0.05, 0) is 45.7 Å². The molecular formula is C18H26ClFN4O2. The van der Waals surface area contributed by atoms with Crippen LogP contribution in [0.3, 0.4) is 0 Å². The molecular weight excluding hydrogens is 359 g/mol. The van der Waals surface area contributed by atoms with Crippen LogP contribution in [0.4, 0.5) is 20.6 Å². The number of halogens is 2. The van der Waals surface area contributed by atoms with Crippen molar-refractivity contribution in [3.05, 3.63) is 24.0 Å². The molecule has 0 unspecified atom stereocenters. The lowest BCUT2D eigenvalue weighted by Gasteiger charge is -2.34. The molecule has 1 aliphatic rings. The Morgan fingerprint density at radius 1 is 1.42 bits per heavy atom. The molecule has 0 atom stereocenters. The summed E-state index contributed by atoms with van der Waals surface area (Å²) in [5.41, 5.74) is 6.27. The Morgan fingerprint density at radius 2 is 2.08 bits per heavy atom. The lowest BCUT2D eigenvalue weighted by atomic mass is 10.0. The van der Waals surface area contributed by atoms with E-state index in [4.69, 9.17) is 22.1 Å². The number of hydrogen-bond acceptors (Lipinski definition) is 4. The predicted molar refractivity (Wildman–Crippen MR) is 103 cm³/mol. The van der Waals surface area contributed by atoms with Crippen molar-refractivity contribution >= 4 is 34.9 Å². The predicted octanol–water partition coefficient (Wildman–Crippen LogP) is 3.86. The SMILES string of the molecule is CC(C)(C)OC(=O)N1CCC(Nc2ccc(F)cc2N=C(N)CCl)CC1. The van der Waals surface area contributed by atoms with Crippen molar-refractivity contribution in [1.82, 2.24) is 4.90 Å². The number of amides is 1. The fraction of sp³-hybridized carbons (Fsp3) is 0.556. The molecule has 0 aromatic heterocycles. The van der Waals surface area contributed by atoms with Crippen LogP contribution in [0.2, 0.25) is 0 Å². The summed E-state index contributed by atoms with van der Waals surface area (Å²) < 4.78 is 18.9. The monoisotopic (exact) mass is 384 g/mol. The van der Waals surface area contributed by atoms with Gasteiger partial charge >= 0.3 is 6.09 Å². The first-order valence-electron chi connectivity index (χ1n) is 8.61. The van der Waals surface area contributed by atoms with Crippen molar-refractivity contribution < 1.29 is 13.9 Å². The summed E-state index contributed by atoms with van der Waals surface area (Å²) in [6, 6.07) is 4.46. The van der Waals surface area contributed by atoms with Crippen LogP contribution in [0.5, 0.6) is 0 Å². The van der Waals surface area contributed by atoms with Crippen LogP contribution in [0, 0.1) is 5.82 Å². The summed E-state index contributed by atoms with van der Waals surface area (Å²) in [5, 5.41) is 3.36. The van der Waals surface area contributed by atoms with Gasteiger partial charge in [-0.2, -0.15) is 0 Å². The Morgan fingerprint density at radius 3 is 2.65 bits per heavy atom. The van der Waals surface area contributed by atoms with Gasteiger partial charge in [0.1, 0.15) is 17.3 Å². The van der Waals surface area contributed by atoms with Crippen molar-refractivity contribution in [3.8, 4) is 0 Å². The summed E-state index contributed by atoms with van der Waals surface area (Å²) in [5.74, 6) is -0.0963. The molecule has 8 heteroatoms. The maximum atomic E-state index is 13.5. The zero-order valence-electron chi connectivity index (χ0n) is 15.4. The number of anilines is 1. The fourth-order valence-electron chi connectivity index (χ4n) is 2.66. The van der Waals surface area contributed by atoms with E-state index >= 15 is 0 Å². The molecule has 0 saturated carbocycles. The van der Waals surface area contributed by atoms with Crippen molar-refractivity contribution in [1.29, 1.82) is 0 Å². The molecule has 144 valence electrons. The van der Waals surface area contributed by atoms with Crippen molar-refractivity contribution in [2.45, 2.75) is 45.3 Å². The first kappa shape index (κ1) is 20.3. The third-order valence-electron chi connectivity index (χ3n) is 3.87. The third kappa shape index (κ3) is 6.05. The van der Waals surface area contributed by atoms with E-state index in [-0.39, 0.29) is 23.9 Å². The highest BCUT2D eigenvalue weighted by Crippen LogP contribution is 2.28. The van der Waals surface area contributed by atoms with Crippen LogP contribution < -0.4 is 11.1 Å². The topological polar surface area (TPSA) is 80.0 Å². The number of likely N-dealkylation sites (tertiary alicyclic amines) is 1. The largest absolute Gasteiger partial charge is 0.444 e. The lowest BCUT2D eigenvalue weighted by molar-refractivity contribution is 0.0210. The smallest absolute Gasteiger partial charge is 0.410 e. The maximum absolute atomic E-state index is 13.5. The average molecular weight is 385 g/mol. The van der Waals surface area contributed by atoms with Gasteiger partial charge in [-0.15, -0.1) is 11.6 Å². The molecule has 1 fully saturated rings. The van der Waals surface area contributed by atoms with Crippen molar-refractivity contribution in [3.63, 3.8) is 0 Å². The first-order valence-corrected chi connectivity index (χ1v) is 9.14. The van der Waals surface area contributed by atoms with Crippen LogP contribution in [0.1, 0.15) is 33.6 Å². The summed E-state index contributed by atoms with van der Waals surface area (Å²) in [4.78, 5) is 18.0. The number of benzene rings is 1. The Hall–Kier alpha value is -2.02. The fourth-order valence-corrected chi connectivity index (χ4v) is 2.72. The number of alkyl halides is 1. The zero-order valence-corrected chi connectivity index (χ0v) is 16.1. The second kappa shape index (κ2) is 8.58. The normalized spacial score (nSPS) is 16.5. The molecule has 1 aromatic rings. The number of amidine groups is 1. The van der Waals surface area contributed by atoms with Crippen LogP contribution in [0.25, 0.3) is 0 Å². The Bertz CT molecular complexity index is 668. The maximum Gasteiger partial charge on any atom is 0.410 e. The standard InChI is InChI=1S/C18H26ClFN4O2/c1-18(2,3)26-17(25)24-8-6-13(7-9-24)22-14-5-4-12(20)10-15(14)23-16(21)11-19/h4-5,10,13,22H,6-9,11H2,1-3H3,(H2,21,23). The molecule has 3 N–H and O–H groups in total. The van der Waals surface area contributed by atoms with Gasteiger partial charge in [0.15, 0.2) is 0 Å². The van der Waals surface area contributed by atoms with E-state index in [1.54, 1.807) is 11.0 Å². The number of nitrogens with one attached hydrogen (secondary N) is 1. The number of piperidine rings is 1. The van der Waals surface area contributed by atoms with Gasteiger partial charge in [-0.25, -0.2) is 14.2 Å². The molecule has 26 heavy (non-hydrogen) atoms. The van der Waals surface area contributed by atoms with E-state index in [2.05, 4.69) is 10.3 Å². The highest BCUT2D eigenvalue weighted by Gasteiger charge is 2.27. The minimum atomic E-state index is -0.504. The molecule has 1 aromatic carbocycles. The van der Waals surface area contributed by atoms with Crippen molar-refractivity contribution in [2.24, 2.45) is 10.7 Å². The quantitative estimate of drug-likeness (QED) is 0.469. The number of carbonyl (C=O) groups excluding carboxylic acids is 1. The molecule has 0 radical (unpaired) electrons. The molecule has 1 heterocycles. The van der Waals surface area contributed by atoms with E-state index in [0.717, 1.165) is 12.8 Å². The molecule has 1 amide bonds. The Labute approximate surface area is 158 Å². The van der Waals surface area contributed by atoms with Gasteiger partial charge in [-0.3, -0.25) is 0 Å². The Balaban J connectivity index is 1.98. The average Bonchev–Trinajstić information content (AvgIpc) is 2.56. The number of nitrogens with two attached hydrogens (primary N) is 1. The van der Waals surface area contributed by atoms with Crippen LogP contribution in [-0.4, -0.2) is 47.4 Å². The third-order valence-corrected chi connectivity index (χ3v) is 4.14. The molecule has 0 bridgehead atoms. The molecule has 2 rings (SSSR count). The van der Waals surface area contributed by atoms with Gasteiger partial charge in [0.05, 0.1) is 17.3 Å². The van der Waals surface area contributed by atoms with Gasteiger partial charge in [0.2, 0.25) is 0 Å². The van der Waals surface area contributed by atoms with Crippen molar-refractivity contribution in [2.75, 3.05) is 24.3 Å². The number of hydrogen-bond donors (Lipinski definition) is 2. The molecule has 6 nitrogen and oxygen atoms in total. The highest BCUT2D eigenvalue weighted by molar-refractivity contribution is 6.28. The summed E-state index contributed by atoms with van der Waals surface area (Å²) in [6.45, 7) is 6.74. The van der Waals surface area contributed by atoms with Crippen LogP contribution in [-0.2, 0) is 4.74 Å². The van der Waals surface area contributed by atoms with Gasteiger partial charge in [0.25, 0.3) is 0 Å². The number of aliphatic imine (C=N–C) groups is 1. The lowest BCUT2D eigenvalue weighted by Crippen LogP contribution is -2.44.